The van der Waals surface area contributed by atoms with Crippen molar-refractivity contribution >= 4 is 15.9 Å². The largest absolute Gasteiger partial charge is 0.389 e. The lowest BCUT2D eigenvalue weighted by Gasteiger charge is -2.03. The zero-order valence-electron chi connectivity index (χ0n) is 6.39. The Morgan fingerprint density at radius 1 is 1.70 bits per heavy atom. The maximum atomic E-state index is 9.22. The summed E-state index contributed by atoms with van der Waals surface area (Å²) >= 11 is 3.24. The molecule has 0 aromatic carbocycles. The van der Waals surface area contributed by atoms with Gasteiger partial charge < -0.3 is 5.11 Å². The third-order valence-corrected chi connectivity index (χ3v) is 1.24. The van der Waals surface area contributed by atoms with Crippen LogP contribution in [0.2, 0.25) is 0 Å². The molecule has 0 aliphatic carbocycles. The monoisotopic (exact) mass is 204 g/mol. The highest BCUT2D eigenvalue weighted by atomic mass is 79.9. The molecule has 0 aromatic heterocycles. The fourth-order valence-corrected chi connectivity index (χ4v) is 0.986. The minimum Gasteiger partial charge on any atom is -0.389 e. The molecule has 58 valence electrons. The van der Waals surface area contributed by atoms with Gasteiger partial charge in [0.25, 0.3) is 0 Å². The van der Waals surface area contributed by atoms with Gasteiger partial charge in [0.05, 0.1) is 6.10 Å². The normalized spacial score (nSPS) is 15.0. The van der Waals surface area contributed by atoms with Crippen LogP contribution in [0.25, 0.3) is 0 Å². The van der Waals surface area contributed by atoms with Gasteiger partial charge in [0.15, 0.2) is 0 Å². The standard InChI is InChI=1S/C8H13BrO/c1-6(2)4-8(10)5-7(3)9/h5,8,10H,1,4H2,2-3H3/b7-5+. The molecule has 0 aliphatic rings. The number of halogens is 1. The summed E-state index contributed by atoms with van der Waals surface area (Å²) in [7, 11) is 0. The molecule has 0 bridgehead atoms. The summed E-state index contributed by atoms with van der Waals surface area (Å²) in [5.41, 5.74) is 0.998. The van der Waals surface area contributed by atoms with Crippen LogP contribution in [0.4, 0.5) is 0 Å². The van der Waals surface area contributed by atoms with Crippen molar-refractivity contribution in [2.24, 2.45) is 0 Å². The van der Waals surface area contributed by atoms with Crippen LogP contribution in [-0.2, 0) is 0 Å². The van der Waals surface area contributed by atoms with E-state index in [1.165, 1.54) is 0 Å². The Morgan fingerprint density at radius 2 is 2.20 bits per heavy atom. The third-order valence-electron chi connectivity index (χ3n) is 0.980. The lowest BCUT2D eigenvalue weighted by Crippen LogP contribution is -2.01. The van der Waals surface area contributed by atoms with Gasteiger partial charge in [0.2, 0.25) is 0 Å². The summed E-state index contributed by atoms with van der Waals surface area (Å²) < 4.78 is 0.959. The second kappa shape index (κ2) is 4.69. The van der Waals surface area contributed by atoms with Crippen LogP contribution in [0, 0.1) is 0 Å². The van der Waals surface area contributed by atoms with Crippen LogP contribution < -0.4 is 0 Å². The van der Waals surface area contributed by atoms with Crippen molar-refractivity contribution in [3.8, 4) is 0 Å². The van der Waals surface area contributed by atoms with Crippen LogP contribution in [-0.4, -0.2) is 11.2 Å². The predicted molar refractivity (Wildman–Crippen MR) is 48.1 cm³/mol. The highest BCUT2D eigenvalue weighted by Gasteiger charge is 1.98. The van der Waals surface area contributed by atoms with Crippen LogP contribution in [0.1, 0.15) is 20.3 Å². The van der Waals surface area contributed by atoms with Gasteiger partial charge >= 0.3 is 0 Å². The molecule has 0 saturated carbocycles. The Hall–Kier alpha value is -0.0800. The van der Waals surface area contributed by atoms with Gasteiger partial charge in [-0.25, -0.2) is 0 Å². The van der Waals surface area contributed by atoms with E-state index in [1.807, 2.05) is 13.8 Å². The van der Waals surface area contributed by atoms with Crippen LogP contribution >= 0.6 is 15.9 Å². The van der Waals surface area contributed by atoms with E-state index in [0.717, 1.165) is 10.1 Å². The molecule has 1 atom stereocenters. The highest BCUT2D eigenvalue weighted by molar-refractivity contribution is 9.11. The first-order chi connectivity index (χ1) is 4.52. The summed E-state index contributed by atoms with van der Waals surface area (Å²) in [4.78, 5) is 0. The molecule has 1 N–H and O–H groups in total. The first kappa shape index (κ1) is 9.92. The molecule has 1 nitrogen and oxygen atoms in total. The van der Waals surface area contributed by atoms with E-state index in [1.54, 1.807) is 6.08 Å². The third kappa shape index (κ3) is 6.05. The SMILES string of the molecule is C=C(C)CC(O)/C=C(\C)Br. The van der Waals surface area contributed by atoms with E-state index < -0.39 is 6.10 Å². The summed E-state index contributed by atoms with van der Waals surface area (Å²) in [6.07, 6.45) is 2.01. The zero-order chi connectivity index (χ0) is 8.15. The molecule has 0 spiro atoms. The van der Waals surface area contributed by atoms with Gasteiger partial charge in [0, 0.05) is 0 Å². The molecular formula is C8H13BrO. The van der Waals surface area contributed by atoms with E-state index in [0.29, 0.717) is 6.42 Å². The molecule has 0 aromatic rings. The van der Waals surface area contributed by atoms with Crippen molar-refractivity contribution in [3.63, 3.8) is 0 Å². The molecule has 2 heteroatoms. The van der Waals surface area contributed by atoms with Gasteiger partial charge in [0.1, 0.15) is 0 Å². The molecular weight excluding hydrogens is 192 g/mol. The summed E-state index contributed by atoms with van der Waals surface area (Å²) in [6.45, 7) is 7.49. The van der Waals surface area contributed by atoms with Gasteiger partial charge in [-0.3, -0.25) is 0 Å². The molecule has 1 unspecified atom stereocenters. The van der Waals surface area contributed by atoms with Gasteiger partial charge in [-0.2, -0.15) is 0 Å². The average Bonchev–Trinajstić information content (AvgIpc) is 1.58. The second-order valence-electron chi connectivity index (χ2n) is 2.48. The number of hydrogen-bond donors (Lipinski definition) is 1. The van der Waals surface area contributed by atoms with Crippen molar-refractivity contribution in [2.75, 3.05) is 0 Å². The Labute approximate surface area is 70.6 Å². The van der Waals surface area contributed by atoms with Crippen LogP contribution in [0.15, 0.2) is 22.7 Å². The Bertz CT molecular complexity index is 145. The smallest absolute Gasteiger partial charge is 0.0768 e. The lowest BCUT2D eigenvalue weighted by molar-refractivity contribution is 0.223. The second-order valence-corrected chi connectivity index (χ2v) is 3.73. The maximum absolute atomic E-state index is 9.22. The van der Waals surface area contributed by atoms with Crippen molar-refractivity contribution in [1.82, 2.24) is 0 Å². The Kier molecular flexibility index (Phi) is 4.65. The number of aliphatic hydroxyl groups excluding tert-OH is 1. The van der Waals surface area contributed by atoms with E-state index in [9.17, 15) is 5.11 Å². The topological polar surface area (TPSA) is 20.2 Å². The molecule has 0 rings (SSSR count). The number of rotatable bonds is 3. The van der Waals surface area contributed by atoms with Gasteiger partial charge in [-0.1, -0.05) is 21.5 Å². The first-order valence-corrected chi connectivity index (χ1v) is 3.98. The van der Waals surface area contributed by atoms with Gasteiger partial charge in [-0.05, 0) is 30.8 Å². The fourth-order valence-electron chi connectivity index (χ4n) is 0.681. The van der Waals surface area contributed by atoms with Crippen LogP contribution in [0.5, 0.6) is 0 Å². The Balaban J connectivity index is 3.75. The molecule has 0 fully saturated rings. The molecule has 0 radical (unpaired) electrons. The zero-order valence-corrected chi connectivity index (χ0v) is 7.98. The van der Waals surface area contributed by atoms with Crippen molar-refractivity contribution < 1.29 is 5.11 Å². The predicted octanol–water partition coefficient (Wildman–Crippen LogP) is 2.61. The summed E-state index contributed by atoms with van der Waals surface area (Å²) in [5, 5.41) is 9.22. The van der Waals surface area contributed by atoms with Crippen molar-refractivity contribution in [2.45, 2.75) is 26.4 Å². The lowest BCUT2D eigenvalue weighted by atomic mass is 10.1. The van der Waals surface area contributed by atoms with E-state index in [2.05, 4.69) is 22.5 Å². The Morgan fingerprint density at radius 3 is 2.50 bits per heavy atom. The minimum atomic E-state index is -0.392. The number of aliphatic hydroxyl groups is 1. The maximum Gasteiger partial charge on any atom is 0.0768 e. The quantitative estimate of drug-likeness (QED) is 0.702. The number of allylic oxidation sites excluding steroid dienone is 1. The van der Waals surface area contributed by atoms with Gasteiger partial charge in [-0.15, -0.1) is 6.58 Å². The van der Waals surface area contributed by atoms with Crippen molar-refractivity contribution in [3.05, 3.63) is 22.7 Å². The first-order valence-electron chi connectivity index (χ1n) is 3.18. The van der Waals surface area contributed by atoms with E-state index >= 15 is 0 Å². The average molecular weight is 205 g/mol. The molecule has 0 aliphatic heterocycles. The minimum absolute atomic E-state index is 0.392. The molecule has 10 heavy (non-hydrogen) atoms. The fraction of sp³-hybridized carbons (Fsp3) is 0.500. The van der Waals surface area contributed by atoms with Crippen molar-refractivity contribution in [1.29, 1.82) is 0 Å². The highest BCUT2D eigenvalue weighted by Crippen LogP contribution is 2.08. The van der Waals surface area contributed by atoms with Crippen LogP contribution in [0.3, 0.4) is 0 Å². The summed E-state index contributed by atoms with van der Waals surface area (Å²) in [5.74, 6) is 0. The van der Waals surface area contributed by atoms with E-state index in [-0.39, 0.29) is 0 Å². The summed E-state index contributed by atoms with van der Waals surface area (Å²) in [6, 6.07) is 0. The van der Waals surface area contributed by atoms with E-state index in [4.69, 9.17) is 0 Å². The molecule has 0 heterocycles. The molecule has 0 amide bonds. The molecule has 0 saturated heterocycles. The number of hydrogen-bond acceptors (Lipinski definition) is 1.